The predicted octanol–water partition coefficient (Wildman–Crippen LogP) is 4.15. The third-order valence-corrected chi connectivity index (χ3v) is 6.40. The summed E-state index contributed by atoms with van der Waals surface area (Å²) in [5.74, 6) is -1.99. The summed E-state index contributed by atoms with van der Waals surface area (Å²) in [5.41, 5.74) is 7.63. The number of esters is 1. The highest BCUT2D eigenvalue weighted by Crippen LogP contribution is 2.50. The number of halogens is 1. The Morgan fingerprint density at radius 3 is 2.67 bits per heavy atom. The zero-order valence-electron chi connectivity index (χ0n) is 15.9. The maximum atomic E-state index is 13.2. The molecule has 2 aliphatic heterocycles. The van der Waals surface area contributed by atoms with Crippen LogP contribution in [0.3, 0.4) is 0 Å². The van der Waals surface area contributed by atoms with Crippen LogP contribution in [0.15, 0.2) is 75.4 Å². The Balaban J connectivity index is 2.01. The third-order valence-electron chi connectivity index (χ3n) is 4.89. The Hall–Kier alpha value is -3.21. The molecule has 8 heteroatoms. The Kier molecular flexibility index (Phi) is 5.29. The molecule has 0 saturated carbocycles. The summed E-state index contributed by atoms with van der Waals surface area (Å²) in [7, 11) is 0. The van der Waals surface area contributed by atoms with Gasteiger partial charge in [-0.25, -0.2) is 4.79 Å². The van der Waals surface area contributed by atoms with Crippen molar-refractivity contribution in [1.29, 1.82) is 5.26 Å². The molecule has 1 unspecified atom stereocenters. The number of hydrogen-bond acceptors (Lipinski definition) is 6. The minimum absolute atomic E-state index is 0.0265. The van der Waals surface area contributed by atoms with E-state index < -0.39 is 17.8 Å². The van der Waals surface area contributed by atoms with Crippen molar-refractivity contribution in [2.45, 2.75) is 17.7 Å². The monoisotopic (exact) mass is 437 g/mol. The highest BCUT2D eigenvalue weighted by molar-refractivity contribution is 8.03. The minimum atomic E-state index is -0.848. The van der Waals surface area contributed by atoms with Crippen molar-refractivity contribution >= 4 is 35.2 Å². The van der Waals surface area contributed by atoms with E-state index in [1.165, 1.54) is 16.7 Å². The molecule has 6 nitrogen and oxygen atoms in total. The van der Waals surface area contributed by atoms with E-state index in [9.17, 15) is 14.9 Å². The van der Waals surface area contributed by atoms with Gasteiger partial charge in [0.15, 0.2) is 0 Å². The third kappa shape index (κ3) is 3.05. The number of amides is 1. The van der Waals surface area contributed by atoms with Crippen LogP contribution in [0.25, 0.3) is 0 Å². The van der Waals surface area contributed by atoms with Gasteiger partial charge in [-0.15, -0.1) is 0 Å². The van der Waals surface area contributed by atoms with Crippen LogP contribution in [0.5, 0.6) is 0 Å². The van der Waals surface area contributed by atoms with E-state index in [2.05, 4.69) is 6.07 Å². The average Bonchev–Trinajstić information content (AvgIpc) is 2.74. The first kappa shape index (κ1) is 20.1. The molecule has 1 atom stereocenters. The molecule has 30 heavy (non-hydrogen) atoms. The second kappa shape index (κ2) is 7.90. The number of rotatable bonds is 3. The lowest BCUT2D eigenvalue weighted by molar-refractivity contribution is -0.138. The summed E-state index contributed by atoms with van der Waals surface area (Å²) in [6.07, 6.45) is 0. The fourth-order valence-electron chi connectivity index (χ4n) is 3.59. The van der Waals surface area contributed by atoms with Gasteiger partial charge in [-0.1, -0.05) is 53.7 Å². The van der Waals surface area contributed by atoms with E-state index in [-0.39, 0.29) is 23.6 Å². The molecule has 0 fully saturated rings. The molecule has 2 aromatic carbocycles. The first-order chi connectivity index (χ1) is 14.5. The van der Waals surface area contributed by atoms with E-state index in [4.69, 9.17) is 22.1 Å². The number of thioether (sulfide) groups is 1. The Morgan fingerprint density at radius 2 is 1.97 bits per heavy atom. The van der Waals surface area contributed by atoms with Gasteiger partial charge in [0.1, 0.15) is 10.9 Å². The molecule has 0 aliphatic carbocycles. The number of nitrogens with zero attached hydrogens (tertiary/aromatic N) is 2. The summed E-state index contributed by atoms with van der Waals surface area (Å²) in [6.45, 7) is 1.79. The lowest BCUT2D eigenvalue weighted by atomic mass is 9.83. The van der Waals surface area contributed by atoms with Crippen molar-refractivity contribution in [1.82, 2.24) is 4.90 Å². The number of fused-ring (bicyclic) bond motifs is 2. The molecule has 1 amide bonds. The van der Waals surface area contributed by atoms with Gasteiger partial charge in [0.2, 0.25) is 0 Å². The van der Waals surface area contributed by atoms with Gasteiger partial charge in [-0.3, -0.25) is 9.69 Å². The van der Waals surface area contributed by atoms with Crippen molar-refractivity contribution in [2.24, 2.45) is 5.73 Å². The quantitative estimate of drug-likeness (QED) is 0.724. The molecule has 2 aromatic rings. The van der Waals surface area contributed by atoms with Gasteiger partial charge >= 0.3 is 5.97 Å². The fourth-order valence-corrected chi connectivity index (χ4v) is 5.00. The van der Waals surface area contributed by atoms with E-state index in [1.807, 2.05) is 12.1 Å². The van der Waals surface area contributed by atoms with Gasteiger partial charge in [-0.05, 0) is 30.7 Å². The van der Waals surface area contributed by atoms with Gasteiger partial charge in [-0.2, -0.15) is 5.26 Å². The van der Waals surface area contributed by atoms with Gasteiger partial charge < -0.3 is 10.5 Å². The van der Waals surface area contributed by atoms with Crippen LogP contribution in [0.1, 0.15) is 28.8 Å². The normalized spacial score (nSPS) is 18.0. The fraction of sp³-hybridized carbons (Fsp3) is 0.136. The highest BCUT2D eigenvalue weighted by Gasteiger charge is 2.44. The summed E-state index contributed by atoms with van der Waals surface area (Å²) in [6, 6.07) is 16.2. The van der Waals surface area contributed by atoms with Crippen molar-refractivity contribution in [3.05, 3.63) is 86.7 Å². The topological polar surface area (TPSA) is 96.4 Å². The second-order valence-corrected chi connectivity index (χ2v) is 7.98. The van der Waals surface area contributed by atoms with Crippen LogP contribution in [-0.4, -0.2) is 23.4 Å². The van der Waals surface area contributed by atoms with E-state index in [0.29, 0.717) is 26.1 Å². The number of carbonyl (C=O) groups excluding carboxylic acids is 2. The molecule has 2 aliphatic rings. The Labute approximate surface area is 182 Å². The maximum Gasteiger partial charge on any atom is 0.338 e. The highest BCUT2D eigenvalue weighted by atomic mass is 35.5. The summed E-state index contributed by atoms with van der Waals surface area (Å²) < 4.78 is 5.22. The molecule has 0 spiro atoms. The number of ether oxygens (including phenoxy) is 1. The molecule has 4 rings (SSSR count). The number of nitrogens with two attached hydrogens (primary N) is 1. The molecule has 0 aromatic heterocycles. The SMILES string of the molecule is CCOC(=O)C1=C(N)N2C(=O)c3ccccc3SC2=C(C#N)C1c1ccccc1Cl. The number of carbonyl (C=O) groups is 2. The van der Waals surface area contributed by atoms with Gasteiger partial charge in [0.05, 0.1) is 35.3 Å². The lowest BCUT2D eigenvalue weighted by Gasteiger charge is -2.38. The number of allylic oxidation sites excluding steroid dienone is 1. The van der Waals surface area contributed by atoms with Crippen molar-refractivity contribution in [3.8, 4) is 6.07 Å². The summed E-state index contributed by atoms with van der Waals surface area (Å²) >= 11 is 7.69. The maximum absolute atomic E-state index is 13.2. The number of benzene rings is 2. The smallest absolute Gasteiger partial charge is 0.338 e. The Bertz CT molecular complexity index is 1180. The molecule has 0 bridgehead atoms. The molecule has 0 saturated heterocycles. The van der Waals surface area contributed by atoms with Crippen molar-refractivity contribution in [3.63, 3.8) is 0 Å². The van der Waals surface area contributed by atoms with Gasteiger partial charge in [0.25, 0.3) is 5.91 Å². The number of hydrogen-bond donors (Lipinski definition) is 1. The number of nitriles is 1. The minimum Gasteiger partial charge on any atom is -0.463 e. The van der Waals surface area contributed by atoms with E-state index in [0.717, 1.165) is 0 Å². The van der Waals surface area contributed by atoms with Crippen LogP contribution >= 0.6 is 23.4 Å². The first-order valence-electron chi connectivity index (χ1n) is 9.16. The molecular formula is C22H16ClN3O3S. The largest absolute Gasteiger partial charge is 0.463 e. The molecule has 2 N–H and O–H groups in total. The molecule has 150 valence electrons. The first-order valence-corrected chi connectivity index (χ1v) is 10.4. The van der Waals surface area contributed by atoms with Crippen LogP contribution in [0.4, 0.5) is 0 Å². The Morgan fingerprint density at radius 1 is 1.27 bits per heavy atom. The average molecular weight is 438 g/mol. The second-order valence-electron chi connectivity index (χ2n) is 6.54. The molecule has 2 heterocycles. The summed E-state index contributed by atoms with van der Waals surface area (Å²) in [5, 5.41) is 10.8. The van der Waals surface area contributed by atoms with E-state index in [1.54, 1.807) is 43.3 Å². The van der Waals surface area contributed by atoms with Crippen LogP contribution in [0, 0.1) is 11.3 Å². The van der Waals surface area contributed by atoms with Crippen molar-refractivity contribution in [2.75, 3.05) is 6.61 Å². The van der Waals surface area contributed by atoms with Crippen molar-refractivity contribution < 1.29 is 14.3 Å². The molecule has 0 radical (unpaired) electrons. The lowest BCUT2D eigenvalue weighted by Crippen LogP contribution is -2.42. The van der Waals surface area contributed by atoms with Crippen LogP contribution in [-0.2, 0) is 9.53 Å². The summed E-state index contributed by atoms with van der Waals surface area (Å²) in [4.78, 5) is 28.1. The molecular weight excluding hydrogens is 422 g/mol. The van der Waals surface area contributed by atoms with Crippen LogP contribution in [0.2, 0.25) is 5.02 Å². The van der Waals surface area contributed by atoms with Gasteiger partial charge in [0, 0.05) is 9.92 Å². The van der Waals surface area contributed by atoms with Crippen LogP contribution < -0.4 is 5.73 Å². The standard InChI is InChI=1S/C22H16ClN3O3S/c1-2-29-22(28)18-17(12-7-3-5-9-15(12)23)14(11-24)21-26(19(18)25)20(27)13-8-4-6-10-16(13)30-21/h3-10,17H,2,25H2,1H3. The van der Waals surface area contributed by atoms with E-state index >= 15 is 0 Å². The zero-order valence-corrected chi connectivity index (χ0v) is 17.5. The predicted molar refractivity (Wildman–Crippen MR) is 113 cm³/mol. The zero-order chi connectivity index (χ0) is 21.4.